The number of hydrogen-bond donors (Lipinski definition) is 0. The monoisotopic (exact) mass is 721 g/mol. The van der Waals surface area contributed by atoms with Gasteiger partial charge in [0.1, 0.15) is 5.52 Å². The van der Waals surface area contributed by atoms with Gasteiger partial charge in [-0.15, -0.1) is 0 Å². The third-order valence-electron chi connectivity index (χ3n) is 10.7. The predicted molar refractivity (Wildman–Crippen MR) is 232 cm³/mol. The molecule has 0 spiro atoms. The van der Waals surface area contributed by atoms with Gasteiger partial charge in [0.15, 0.2) is 5.58 Å². The van der Waals surface area contributed by atoms with Crippen LogP contribution in [-0.4, -0.2) is 10.7 Å². The highest BCUT2D eigenvalue weighted by Crippen LogP contribution is 2.41. The molecule has 1 atom stereocenters. The average molecular weight is 722 g/mol. The molecule has 2 heterocycles. The van der Waals surface area contributed by atoms with Crippen molar-refractivity contribution in [3.63, 3.8) is 0 Å². The highest BCUT2D eigenvalue weighted by Gasteiger charge is 2.31. The lowest BCUT2D eigenvalue weighted by molar-refractivity contribution is 0.283. The second-order valence-corrected chi connectivity index (χ2v) is 20.5. The molecule has 284 valence electrons. The molecule has 0 amide bonds. The van der Waals surface area contributed by atoms with Gasteiger partial charge in [-0.2, -0.15) is 5.10 Å². The molecule has 0 radical (unpaired) electrons. The number of hydrogen-bond acceptors (Lipinski definition) is 4. The van der Waals surface area contributed by atoms with Crippen LogP contribution in [0.2, 0.25) is 0 Å². The van der Waals surface area contributed by atoms with Gasteiger partial charge in [-0.1, -0.05) is 151 Å². The van der Waals surface area contributed by atoms with Gasteiger partial charge in [0.05, 0.1) is 17.4 Å². The van der Waals surface area contributed by atoms with Gasteiger partial charge in [-0.25, -0.2) is 4.98 Å². The number of rotatable bonds is 9. The zero-order valence-electron chi connectivity index (χ0n) is 35.3. The first-order chi connectivity index (χ1) is 25.1. The molecular formula is C50H63N3O. The largest absolute Gasteiger partial charge is 0.436 e. The molecule has 0 saturated carbocycles. The molecule has 4 aromatic carbocycles. The Morgan fingerprint density at radius 2 is 1.17 bits per heavy atom. The Morgan fingerprint density at radius 1 is 0.630 bits per heavy atom. The Morgan fingerprint density at radius 3 is 1.70 bits per heavy atom. The fraction of sp³-hybridized carbons (Fsp3) is 0.440. The van der Waals surface area contributed by atoms with Gasteiger partial charge in [0.2, 0.25) is 5.89 Å². The maximum atomic E-state index is 6.22. The lowest BCUT2D eigenvalue weighted by Crippen LogP contribution is -2.25. The van der Waals surface area contributed by atoms with E-state index in [1.165, 1.54) is 27.8 Å². The zero-order valence-corrected chi connectivity index (χ0v) is 35.3. The summed E-state index contributed by atoms with van der Waals surface area (Å²) < 4.78 is 6.22. The molecular weight excluding hydrogens is 659 g/mol. The molecule has 6 rings (SSSR count). The summed E-state index contributed by atoms with van der Waals surface area (Å²) in [5.41, 5.74) is 12.0. The van der Waals surface area contributed by atoms with Gasteiger partial charge in [-0.3, -0.25) is 5.01 Å². The van der Waals surface area contributed by atoms with E-state index in [4.69, 9.17) is 14.5 Å². The summed E-state index contributed by atoms with van der Waals surface area (Å²) in [6.45, 7) is 30.0. The van der Waals surface area contributed by atoms with Crippen molar-refractivity contribution in [1.82, 2.24) is 4.98 Å². The molecule has 0 saturated heterocycles. The molecule has 5 aromatic rings. The number of allylic oxidation sites excluding steroid dienone is 1. The molecule has 1 aromatic heterocycles. The van der Waals surface area contributed by atoms with Crippen LogP contribution in [0.25, 0.3) is 28.6 Å². The summed E-state index contributed by atoms with van der Waals surface area (Å²) in [5.74, 6) is 0.633. The molecule has 0 N–H and O–H groups in total. The molecule has 54 heavy (non-hydrogen) atoms. The average Bonchev–Trinajstić information content (AvgIpc) is 3.70. The first-order valence-electron chi connectivity index (χ1n) is 19.8. The Kier molecular flexibility index (Phi) is 10.4. The number of oxazole rings is 1. The van der Waals surface area contributed by atoms with Crippen LogP contribution >= 0.6 is 0 Å². The molecule has 0 aliphatic carbocycles. The van der Waals surface area contributed by atoms with Gasteiger partial charge >= 0.3 is 0 Å². The predicted octanol–water partition coefficient (Wildman–Crippen LogP) is 14.2. The van der Waals surface area contributed by atoms with Gasteiger partial charge < -0.3 is 4.42 Å². The number of aromatic nitrogens is 1. The van der Waals surface area contributed by atoms with Crippen LogP contribution in [0.15, 0.2) is 107 Å². The first-order valence-corrected chi connectivity index (χ1v) is 19.8. The number of nitrogens with zero attached hydrogens (tertiary/aromatic N) is 3. The molecule has 4 heteroatoms. The minimum absolute atomic E-state index is 0.0481. The fourth-order valence-corrected chi connectivity index (χ4v) is 8.66. The van der Waals surface area contributed by atoms with Crippen LogP contribution in [0.4, 0.5) is 5.69 Å². The summed E-state index contributed by atoms with van der Waals surface area (Å²) in [4.78, 5) is 4.88. The molecule has 1 aliphatic rings. The standard InChI is InChI=1S/C50H63N3O/c1-46(2,3)32-49(10,11)37-21-14-34(15-22-37)16-26-40-31-43(35-17-23-38(24-18-35)50(12,13)33-47(4,5)6)53(52-40)41-27-19-36(20-28-41)45-51-42-30-39(48(7,8)9)25-29-44(42)54-45/h14-30,43H,31-33H2,1-13H3. The quantitative estimate of drug-likeness (QED) is 0.152. The van der Waals surface area contributed by atoms with E-state index >= 15 is 0 Å². The van der Waals surface area contributed by atoms with Crippen molar-refractivity contribution in [2.24, 2.45) is 15.9 Å². The molecule has 1 aliphatic heterocycles. The molecule has 1 unspecified atom stereocenters. The SMILES string of the molecule is CC(C)(C)CC(C)(C)c1ccc(C=CC2=NN(c3ccc(-c4nc5cc(C(C)(C)C)ccc5o4)cc3)C(c3ccc(C(C)(C)CC(C)(C)C)cc3)C2)cc1. The molecule has 0 bridgehead atoms. The van der Waals surface area contributed by atoms with E-state index < -0.39 is 0 Å². The van der Waals surface area contributed by atoms with Gasteiger partial charge in [-0.05, 0) is 110 Å². The van der Waals surface area contributed by atoms with E-state index in [0.29, 0.717) is 5.89 Å². The van der Waals surface area contributed by atoms with Gasteiger partial charge in [0, 0.05) is 12.0 Å². The Bertz CT molecular complexity index is 2120. The highest BCUT2D eigenvalue weighted by atomic mass is 16.3. The second-order valence-electron chi connectivity index (χ2n) is 20.5. The number of fused-ring (bicyclic) bond motifs is 1. The third kappa shape index (κ3) is 9.25. The number of anilines is 1. The van der Waals surface area contributed by atoms with E-state index in [1.54, 1.807) is 0 Å². The Balaban J connectivity index is 1.28. The smallest absolute Gasteiger partial charge is 0.227 e. The second kappa shape index (κ2) is 14.3. The van der Waals surface area contributed by atoms with Crippen LogP contribution < -0.4 is 5.01 Å². The van der Waals surface area contributed by atoms with Crippen molar-refractivity contribution in [2.45, 2.75) is 132 Å². The maximum absolute atomic E-state index is 6.22. The molecule has 4 nitrogen and oxygen atoms in total. The molecule has 0 fully saturated rings. The van der Waals surface area contributed by atoms with Crippen molar-refractivity contribution in [3.05, 3.63) is 125 Å². The Labute approximate surface area is 325 Å². The minimum Gasteiger partial charge on any atom is -0.436 e. The minimum atomic E-state index is 0.0481. The third-order valence-corrected chi connectivity index (χ3v) is 10.7. The van der Waals surface area contributed by atoms with Crippen LogP contribution in [-0.2, 0) is 16.2 Å². The lowest BCUT2D eigenvalue weighted by Gasteiger charge is -2.33. The summed E-state index contributed by atoms with van der Waals surface area (Å²) in [6, 6.07) is 33.3. The summed E-state index contributed by atoms with van der Waals surface area (Å²) in [6.07, 6.45) is 7.47. The van der Waals surface area contributed by atoms with Crippen LogP contribution in [0.3, 0.4) is 0 Å². The van der Waals surface area contributed by atoms with E-state index in [2.05, 4.69) is 192 Å². The van der Waals surface area contributed by atoms with Crippen molar-refractivity contribution in [2.75, 3.05) is 5.01 Å². The maximum Gasteiger partial charge on any atom is 0.227 e. The van der Waals surface area contributed by atoms with E-state index in [1.807, 2.05) is 6.07 Å². The topological polar surface area (TPSA) is 41.6 Å². The highest BCUT2D eigenvalue weighted by molar-refractivity contribution is 6.01. The Hall–Kier alpha value is -4.44. The summed E-state index contributed by atoms with van der Waals surface area (Å²) >= 11 is 0. The number of hydrazone groups is 1. The van der Waals surface area contributed by atoms with Crippen molar-refractivity contribution in [1.29, 1.82) is 0 Å². The van der Waals surface area contributed by atoms with Crippen molar-refractivity contribution in [3.8, 4) is 11.5 Å². The van der Waals surface area contributed by atoms with Crippen molar-refractivity contribution < 1.29 is 4.42 Å². The fourth-order valence-electron chi connectivity index (χ4n) is 8.66. The first kappa shape index (κ1) is 39.3. The summed E-state index contributed by atoms with van der Waals surface area (Å²) in [7, 11) is 0. The lowest BCUT2D eigenvalue weighted by atomic mass is 9.72. The normalized spacial score (nSPS) is 16.1. The van der Waals surface area contributed by atoms with E-state index in [9.17, 15) is 0 Å². The van der Waals surface area contributed by atoms with Crippen LogP contribution in [0.5, 0.6) is 0 Å². The summed E-state index contributed by atoms with van der Waals surface area (Å²) in [5, 5.41) is 7.43. The van der Waals surface area contributed by atoms with Gasteiger partial charge in [0.25, 0.3) is 0 Å². The van der Waals surface area contributed by atoms with Crippen LogP contribution in [0, 0.1) is 10.8 Å². The van der Waals surface area contributed by atoms with E-state index in [0.717, 1.165) is 47.3 Å². The van der Waals surface area contributed by atoms with Crippen molar-refractivity contribution >= 4 is 28.6 Å². The van der Waals surface area contributed by atoms with Crippen LogP contribution in [0.1, 0.15) is 143 Å². The zero-order chi connectivity index (χ0) is 39.3. The van der Waals surface area contributed by atoms with E-state index in [-0.39, 0.29) is 33.1 Å². The number of benzene rings is 4.